The Kier molecular flexibility index (Phi) is 6.52. The van der Waals surface area contributed by atoms with E-state index < -0.39 is 0 Å². The molecule has 0 heterocycles. The van der Waals surface area contributed by atoms with E-state index in [-0.39, 0.29) is 11.9 Å². The molecule has 0 aromatic rings. The van der Waals surface area contributed by atoms with Gasteiger partial charge in [-0.15, -0.1) is 0 Å². The number of amides is 1. The van der Waals surface area contributed by atoms with Crippen LogP contribution in [0.4, 0.5) is 0 Å². The van der Waals surface area contributed by atoms with Gasteiger partial charge in [-0.25, -0.2) is 0 Å². The normalized spacial score (nSPS) is 26.5. The Hall–Kier alpha value is -0.610. The average Bonchev–Trinajstić information content (AvgIpc) is 2.31. The summed E-state index contributed by atoms with van der Waals surface area (Å²) in [5.74, 6) is 0.684. The van der Waals surface area contributed by atoms with Crippen molar-refractivity contribution in [3.05, 3.63) is 0 Å². The second-order valence-electron chi connectivity index (χ2n) is 5.11. The number of hydrogen-bond donors (Lipinski definition) is 2. The molecule has 4 heteroatoms. The largest absolute Gasteiger partial charge is 0.383 e. The molecular weight excluding hydrogens is 216 g/mol. The molecule has 0 aromatic heterocycles. The Labute approximate surface area is 104 Å². The highest BCUT2D eigenvalue weighted by Gasteiger charge is 2.21. The van der Waals surface area contributed by atoms with Crippen LogP contribution in [0.5, 0.6) is 0 Å². The van der Waals surface area contributed by atoms with Crippen LogP contribution in [0, 0.1) is 5.92 Å². The predicted octanol–water partition coefficient (Wildman–Crippen LogP) is 1.44. The van der Waals surface area contributed by atoms with E-state index in [1.807, 2.05) is 0 Å². The summed E-state index contributed by atoms with van der Waals surface area (Å²) in [4.78, 5) is 11.8. The van der Waals surface area contributed by atoms with E-state index in [0.29, 0.717) is 25.0 Å². The van der Waals surface area contributed by atoms with Gasteiger partial charge in [-0.05, 0) is 38.0 Å². The maximum Gasteiger partial charge on any atom is 0.220 e. The van der Waals surface area contributed by atoms with Gasteiger partial charge < -0.3 is 15.8 Å². The third-order valence-electron chi connectivity index (χ3n) is 3.59. The third-order valence-corrected chi connectivity index (χ3v) is 3.59. The van der Waals surface area contributed by atoms with Crippen LogP contribution in [0.1, 0.15) is 45.4 Å². The number of methoxy groups -OCH3 is 1. The topological polar surface area (TPSA) is 64.3 Å². The highest BCUT2D eigenvalue weighted by Crippen LogP contribution is 2.25. The Morgan fingerprint density at radius 1 is 1.41 bits per heavy atom. The molecule has 1 fully saturated rings. The summed E-state index contributed by atoms with van der Waals surface area (Å²) in [6, 6.07) is 0.504. The predicted molar refractivity (Wildman–Crippen MR) is 68.6 cm³/mol. The van der Waals surface area contributed by atoms with E-state index in [1.54, 1.807) is 7.11 Å². The van der Waals surface area contributed by atoms with Crippen molar-refractivity contribution >= 4 is 5.91 Å². The standard InChI is InChI=1S/C13H26N2O2/c1-3-12(9-17-2)15-13(16)8-10-4-6-11(14)7-5-10/h10-12H,3-9,14H2,1-2H3,(H,15,16). The molecule has 1 rings (SSSR count). The lowest BCUT2D eigenvalue weighted by Gasteiger charge is -2.26. The van der Waals surface area contributed by atoms with Crippen LogP contribution in [0.2, 0.25) is 0 Å². The molecule has 100 valence electrons. The summed E-state index contributed by atoms with van der Waals surface area (Å²) < 4.78 is 5.07. The van der Waals surface area contributed by atoms with E-state index in [4.69, 9.17) is 10.5 Å². The van der Waals surface area contributed by atoms with Gasteiger partial charge in [-0.3, -0.25) is 4.79 Å². The Morgan fingerprint density at radius 2 is 2.06 bits per heavy atom. The number of hydrogen-bond acceptors (Lipinski definition) is 3. The Bertz CT molecular complexity index is 225. The first kappa shape index (κ1) is 14.5. The summed E-state index contributed by atoms with van der Waals surface area (Å²) in [7, 11) is 1.66. The lowest BCUT2D eigenvalue weighted by atomic mass is 9.84. The summed E-state index contributed by atoms with van der Waals surface area (Å²) in [5, 5.41) is 3.03. The van der Waals surface area contributed by atoms with Crippen molar-refractivity contribution in [2.45, 2.75) is 57.5 Å². The number of ether oxygens (including phenoxy) is 1. The zero-order valence-electron chi connectivity index (χ0n) is 11.1. The van der Waals surface area contributed by atoms with Gasteiger partial charge >= 0.3 is 0 Å². The fourth-order valence-corrected chi connectivity index (χ4v) is 2.40. The molecule has 0 spiro atoms. The van der Waals surface area contributed by atoms with Gasteiger partial charge in [0, 0.05) is 19.6 Å². The molecule has 1 aliphatic carbocycles. The molecule has 0 bridgehead atoms. The summed E-state index contributed by atoms with van der Waals surface area (Å²) in [5.41, 5.74) is 5.85. The first-order valence-electron chi connectivity index (χ1n) is 6.69. The van der Waals surface area contributed by atoms with Gasteiger partial charge in [0.15, 0.2) is 0 Å². The monoisotopic (exact) mass is 242 g/mol. The minimum absolute atomic E-state index is 0.151. The molecule has 0 aliphatic heterocycles. The molecule has 1 aliphatic rings. The second kappa shape index (κ2) is 7.67. The van der Waals surface area contributed by atoms with E-state index in [9.17, 15) is 4.79 Å². The molecule has 1 saturated carbocycles. The molecule has 17 heavy (non-hydrogen) atoms. The second-order valence-corrected chi connectivity index (χ2v) is 5.11. The maximum absolute atomic E-state index is 11.8. The SMILES string of the molecule is CCC(COC)NC(=O)CC1CCC(N)CC1. The van der Waals surface area contributed by atoms with Gasteiger partial charge in [0.05, 0.1) is 12.6 Å². The molecule has 1 unspecified atom stereocenters. The van der Waals surface area contributed by atoms with E-state index in [1.165, 1.54) is 0 Å². The zero-order valence-corrected chi connectivity index (χ0v) is 11.1. The summed E-state index contributed by atoms with van der Waals surface area (Å²) in [6.45, 7) is 2.65. The van der Waals surface area contributed by atoms with Crippen molar-refractivity contribution in [1.82, 2.24) is 5.32 Å². The van der Waals surface area contributed by atoms with Crippen LogP contribution in [-0.2, 0) is 9.53 Å². The van der Waals surface area contributed by atoms with Crippen LogP contribution in [0.3, 0.4) is 0 Å². The van der Waals surface area contributed by atoms with Crippen molar-refractivity contribution in [2.24, 2.45) is 11.7 Å². The minimum Gasteiger partial charge on any atom is -0.383 e. The smallest absolute Gasteiger partial charge is 0.220 e. The molecule has 0 radical (unpaired) electrons. The van der Waals surface area contributed by atoms with Gasteiger partial charge in [0.2, 0.25) is 5.91 Å². The number of nitrogens with two attached hydrogens (primary N) is 1. The van der Waals surface area contributed by atoms with Crippen molar-refractivity contribution < 1.29 is 9.53 Å². The van der Waals surface area contributed by atoms with Crippen molar-refractivity contribution in [2.75, 3.05) is 13.7 Å². The molecule has 1 amide bonds. The molecular formula is C13H26N2O2. The van der Waals surface area contributed by atoms with Crippen LogP contribution >= 0.6 is 0 Å². The van der Waals surface area contributed by atoms with Crippen LogP contribution in [-0.4, -0.2) is 31.7 Å². The number of carbonyl (C=O) groups excluding carboxylic acids is 1. The van der Waals surface area contributed by atoms with Crippen LogP contribution in [0.15, 0.2) is 0 Å². The van der Waals surface area contributed by atoms with E-state index in [2.05, 4.69) is 12.2 Å². The first-order valence-corrected chi connectivity index (χ1v) is 6.69. The maximum atomic E-state index is 11.8. The van der Waals surface area contributed by atoms with Crippen molar-refractivity contribution in [3.8, 4) is 0 Å². The highest BCUT2D eigenvalue weighted by atomic mass is 16.5. The number of carbonyl (C=O) groups is 1. The molecule has 4 nitrogen and oxygen atoms in total. The fourth-order valence-electron chi connectivity index (χ4n) is 2.40. The van der Waals surface area contributed by atoms with E-state index in [0.717, 1.165) is 32.1 Å². The number of nitrogens with one attached hydrogen (secondary N) is 1. The van der Waals surface area contributed by atoms with Gasteiger partial charge in [0.1, 0.15) is 0 Å². The zero-order chi connectivity index (χ0) is 12.7. The van der Waals surface area contributed by atoms with Gasteiger partial charge in [0.25, 0.3) is 0 Å². The Balaban J connectivity index is 2.24. The van der Waals surface area contributed by atoms with Gasteiger partial charge in [-0.2, -0.15) is 0 Å². The minimum atomic E-state index is 0.151. The van der Waals surface area contributed by atoms with Gasteiger partial charge in [-0.1, -0.05) is 6.92 Å². The summed E-state index contributed by atoms with van der Waals surface area (Å²) >= 11 is 0. The highest BCUT2D eigenvalue weighted by molar-refractivity contribution is 5.76. The molecule has 0 aromatic carbocycles. The van der Waals surface area contributed by atoms with Crippen molar-refractivity contribution in [3.63, 3.8) is 0 Å². The van der Waals surface area contributed by atoms with E-state index >= 15 is 0 Å². The first-order chi connectivity index (χ1) is 8.15. The number of rotatable bonds is 6. The molecule has 1 atom stereocenters. The lowest BCUT2D eigenvalue weighted by Crippen LogP contribution is -2.39. The van der Waals surface area contributed by atoms with Crippen LogP contribution in [0.25, 0.3) is 0 Å². The quantitative estimate of drug-likeness (QED) is 0.740. The molecule has 3 N–H and O–H groups in total. The fraction of sp³-hybridized carbons (Fsp3) is 0.923. The lowest BCUT2D eigenvalue weighted by molar-refractivity contribution is -0.123. The third kappa shape index (κ3) is 5.50. The Morgan fingerprint density at radius 3 is 2.59 bits per heavy atom. The van der Waals surface area contributed by atoms with Crippen LogP contribution < -0.4 is 11.1 Å². The van der Waals surface area contributed by atoms with Crippen molar-refractivity contribution in [1.29, 1.82) is 0 Å². The molecule has 0 saturated heterocycles. The summed E-state index contributed by atoms with van der Waals surface area (Å²) in [6.07, 6.45) is 5.87. The average molecular weight is 242 g/mol.